The van der Waals surface area contributed by atoms with Gasteiger partial charge in [-0.25, -0.2) is 8.42 Å². The molecule has 6 heteroatoms. The fraction of sp³-hybridized carbons (Fsp3) is 0.400. The summed E-state index contributed by atoms with van der Waals surface area (Å²) in [7, 11) is -3.82. The Morgan fingerprint density at radius 1 is 1.38 bits per heavy atom. The third kappa shape index (κ3) is 2.94. The van der Waals surface area contributed by atoms with Crippen LogP contribution in [0.1, 0.15) is 19.4 Å². The molecule has 0 aromatic heterocycles. The molecule has 1 aromatic rings. The van der Waals surface area contributed by atoms with Gasteiger partial charge in [-0.2, -0.15) is 0 Å². The van der Waals surface area contributed by atoms with E-state index in [1.165, 1.54) is 17.0 Å². The fourth-order valence-electron chi connectivity index (χ4n) is 1.23. The largest absolute Gasteiger partial charge is 0.491 e. The number of hydrogen-bond donors (Lipinski definition) is 2. The average molecular weight is 245 g/mol. The van der Waals surface area contributed by atoms with E-state index in [0.29, 0.717) is 11.3 Å². The van der Waals surface area contributed by atoms with Crippen molar-refractivity contribution in [2.75, 3.05) is 0 Å². The quantitative estimate of drug-likeness (QED) is 0.787. The predicted octanol–water partition coefficient (Wildman–Crippen LogP) is 1.45. The van der Waals surface area contributed by atoms with Gasteiger partial charge in [0.2, 0.25) is 0 Å². The van der Waals surface area contributed by atoms with Gasteiger partial charge in [-0.1, -0.05) is 4.89 Å². The molecule has 2 N–H and O–H groups in total. The molecule has 1 rings (SSSR count). The van der Waals surface area contributed by atoms with E-state index >= 15 is 0 Å². The van der Waals surface area contributed by atoms with E-state index in [0.717, 1.165) is 0 Å². The lowest BCUT2D eigenvalue weighted by Crippen LogP contribution is -2.19. The molecule has 16 heavy (non-hydrogen) atoms. The van der Waals surface area contributed by atoms with Crippen molar-refractivity contribution in [3.63, 3.8) is 0 Å². The minimum absolute atomic E-state index is 0.00334. The summed E-state index contributed by atoms with van der Waals surface area (Å²) < 4.78 is 28.0. The van der Waals surface area contributed by atoms with E-state index in [2.05, 4.69) is 0 Å². The molecule has 0 spiro atoms. The Balaban J connectivity index is 3.09. The number of nitrogens with one attached hydrogen (secondary N) is 1. The van der Waals surface area contributed by atoms with Gasteiger partial charge in [-0.3, -0.25) is 0 Å². The van der Waals surface area contributed by atoms with Crippen LogP contribution in [0.2, 0.25) is 0 Å². The van der Waals surface area contributed by atoms with E-state index in [9.17, 15) is 8.42 Å². The molecule has 0 radical (unpaired) electrons. The lowest BCUT2D eigenvalue weighted by atomic mass is 10.2. The van der Waals surface area contributed by atoms with Gasteiger partial charge in [-0.05, 0) is 44.5 Å². The van der Waals surface area contributed by atoms with Crippen LogP contribution in [0, 0.1) is 6.92 Å². The molecule has 0 saturated carbocycles. The molecule has 0 atom stereocenters. The Morgan fingerprint density at radius 2 is 2.00 bits per heavy atom. The molecule has 0 saturated heterocycles. The molecular weight excluding hydrogens is 230 g/mol. The first-order chi connectivity index (χ1) is 7.36. The van der Waals surface area contributed by atoms with Crippen LogP contribution in [0.25, 0.3) is 0 Å². The first-order valence-electron chi connectivity index (χ1n) is 4.80. The van der Waals surface area contributed by atoms with Crippen molar-refractivity contribution in [2.45, 2.75) is 31.8 Å². The van der Waals surface area contributed by atoms with Crippen molar-refractivity contribution < 1.29 is 18.4 Å². The Kier molecular flexibility index (Phi) is 3.90. The van der Waals surface area contributed by atoms with Crippen LogP contribution in [-0.2, 0) is 10.0 Å². The normalized spacial score (nSPS) is 11.8. The molecule has 1 aromatic carbocycles. The van der Waals surface area contributed by atoms with Crippen LogP contribution in [0.15, 0.2) is 23.1 Å². The Morgan fingerprint density at radius 3 is 2.44 bits per heavy atom. The third-order valence-electron chi connectivity index (χ3n) is 1.94. The summed E-state index contributed by atoms with van der Waals surface area (Å²) in [6, 6.07) is 4.39. The predicted molar refractivity (Wildman–Crippen MR) is 59.1 cm³/mol. The number of rotatable bonds is 4. The maximum atomic E-state index is 11.3. The summed E-state index contributed by atoms with van der Waals surface area (Å²) in [6.45, 7) is 5.52. The van der Waals surface area contributed by atoms with Gasteiger partial charge in [0.25, 0.3) is 10.0 Å². The smallest absolute Gasteiger partial charge is 0.262 e. The molecule has 0 heterocycles. The van der Waals surface area contributed by atoms with Gasteiger partial charge < -0.3 is 9.94 Å². The summed E-state index contributed by atoms with van der Waals surface area (Å²) in [5, 5.41) is 8.48. The van der Waals surface area contributed by atoms with Crippen molar-refractivity contribution >= 4 is 10.0 Å². The summed E-state index contributed by atoms with van der Waals surface area (Å²) in [5.41, 5.74) is 0.699. The molecule has 5 nitrogen and oxygen atoms in total. The standard InChI is InChI=1S/C10H15NO4S/c1-7(2)15-10-5-4-9(6-8(10)3)16(13,14)11-12/h4-7,11-12H,1-3H3. The number of hydrogen-bond acceptors (Lipinski definition) is 4. The highest BCUT2D eigenvalue weighted by Crippen LogP contribution is 2.22. The number of aryl methyl sites for hydroxylation is 1. The van der Waals surface area contributed by atoms with Crippen molar-refractivity contribution in [1.82, 2.24) is 4.89 Å². The SMILES string of the molecule is Cc1cc(S(=O)(=O)NO)ccc1OC(C)C. The zero-order valence-electron chi connectivity index (χ0n) is 9.39. The zero-order valence-corrected chi connectivity index (χ0v) is 10.2. The lowest BCUT2D eigenvalue weighted by Gasteiger charge is -2.13. The molecule has 0 amide bonds. The van der Waals surface area contributed by atoms with Crippen LogP contribution in [0.3, 0.4) is 0 Å². The van der Waals surface area contributed by atoms with Crippen LogP contribution >= 0.6 is 0 Å². The lowest BCUT2D eigenvalue weighted by molar-refractivity contribution is 0.239. The number of sulfonamides is 1. The molecule has 0 unspecified atom stereocenters. The van der Waals surface area contributed by atoms with Crippen molar-refractivity contribution in [1.29, 1.82) is 0 Å². The molecule has 0 aliphatic carbocycles. The minimum atomic E-state index is -3.82. The van der Waals surface area contributed by atoms with Gasteiger partial charge in [0.05, 0.1) is 11.0 Å². The summed E-state index contributed by atoms with van der Waals surface area (Å²) in [6.07, 6.45) is 0.0251. The maximum absolute atomic E-state index is 11.3. The van der Waals surface area contributed by atoms with Gasteiger partial charge in [0.15, 0.2) is 0 Å². The minimum Gasteiger partial charge on any atom is -0.491 e. The van der Waals surface area contributed by atoms with E-state index < -0.39 is 10.0 Å². The van der Waals surface area contributed by atoms with Crippen LogP contribution in [-0.4, -0.2) is 19.7 Å². The summed E-state index contributed by atoms with van der Waals surface area (Å²) in [5.74, 6) is 0.631. The molecule has 0 bridgehead atoms. The zero-order chi connectivity index (χ0) is 12.3. The highest BCUT2D eigenvalue weighted by molar-refractivity contribution is 7.89. The number of ether oxygens (including phenoxy) is 1. The van der Waals surface area contributed by atoms with E-state index in [-0.39, 0.29) is 11.0 Å². The highest BCUT2D eigenvalue weighted by Gasteiger charge is 2.14. The van der Waals surface area contributed by atoms with Crippen molar-refractivity contribution in [3.05, 3.63) is 23.8 Å². The second-order valence-electron chi connectivity index (χ2n) is 3.69. The van der Waals surface area contributed by atoms with Crippen LogP contribution < -0.4 is 9.62 Å². The highest BCUT2D eigenvalue weighted by atomic mass is 32.2. The Labute approximate surface area is 95.1 Å². The van der Waals surface area contributed by atoms with Gasteiger partial charge in [-0.15, -0.1) is 0 Å². The second-order valence-corrected chi connectivity index (χ2v) is 5.35. The number of benzene rings is 1. The monoisotopic (exact) mass is 245 g/mol. The van der Waals surface area contributed by atoms with Crippen molar-refractivity contribution in [2.24, 2.45) is 0 Å². The van der Waals surface area contributed by atoms with Crippen LogP contribution in [0.4, 0.5) is 0 Å². The molecular formula is C10H15NO4S. The van der Waals surface area contributed by atoms with E-state index in [1.54, 1.807) is 13.0 Å². The molecule has 90 valence electrons. The van der Waals surface area contributed by atoms with Gasteiger partial charge in [0.1, 0.15) is 5.75 Å². The Bertz CT molecular complexity index is 468. The van der Waals surface area contributed by atoms with Crippen molar-refractivity contribution in [3.8, 4) is 5.75 Å². The van der Waals surface area contributed by atoms with Gasteiger partial charge in [0, 0.05) is 0 Å². The first-order valence-corrected chi connectivity index (χ1v) is 6.28. The first kappa shape index (κ1) is 13.0. The van der Waals surface area contributed by atoms with E-state index in [1.807, 2.05) is 13.8 Å². The topological polar surface area (TPSA) is 75.6 Å². The van der Waals surface area contributed by atoms with E-state index in [4.69, 9.17) is 9.94 Å². The summed E-state index contributed by atoms with van der Waals surface area (Å²) >= 11 is 0. The third-order valence-corrected chi connectivity index (χ3v) is 3.05. The molecule has 0 aliphatic rings. The molecule has 0 fully saturated rings. The second kappa shape index (κ2) is 4.82. The van der Waals surface area contributed by atoms with Gasteiger partial charge >= 0.3 is 0 Å². The summed E-state index contributed by atoms with van der Waals surface area (Å²) in [4.78, 5) is 1.28. The molecule has 0 aliphatic heterocycles. The maximum Gasteiger partial charge on any atom is 0.262 e. The van der Waals surface area contributed by atoms with Crippen LogP contribution in [0.5, 0.6) is 5.75 Å². The Hall–Kier alpha value is -1.11. The fourth-order valence-corrected chi connectivity index (χ4v) is 1.91. The average Bonchev–Trinajstić information content (AvgIpc) is 2.20.